The Morgan fingerprint density at radius 3 is 2.96 bits per heavy atom. The minimum absolute atomic E-state index is 0.438. The van der Waals surface area contributed by atoms with Gasteiger partial charge < -0.3 is 0 Å². The van der Waals surface area contributed by atoms with E-state index < -0.39 is 11.6 Å². The smallest absolute Gasteiger partial charge is 0.182 e. The molecule has 134 valence electrons. The number of rotatable bonds is 5. The third-order valence-electron chi connectivity index (χ3n) is 4.71. The second kappa shape index (κ2) is 7.29. The number of benzene rings is 1. The van der Waals surface area contributed by atoms with Crippen molar-refractivity contribution >= 4 is 0 Å². The number of pyridine rings is 1. The van der Waals surface area contributed by atoms with Gasteiger partial charge in [0, 0.05) is 49.1 Å². The van der Waals surface area contributed by atoms with Crippen molar-refractivity contribution in [3.05, 3.63) is 65.7 Å². The molecule has 5 nitrogen and oxygen atoms in total. The Morgan fingerprint density at radius 1 is 1.23 bits per heavy atom. The van der Waals surface area contributed by atoms with Gasteiger partial charge in [-0.2, -0.15) is 5.10 Å². The molecule has 1 fully saturated rings. The number of likely N-dealkylation sites (tertiary alicyclic amines) is 1. The van der Waals surface area contributed by atoms with Crippen LogP contribution in [0.1, 0.15) is 17.8 Å². The molecule has 3 heterocycles. The Kier molecular flexibility index (Phi) is 4.71. The van der Waals surface area contributed by atoms with Crippen LogP contribution in [0.5, 0.6) is 0 Å². The summed E-state index contributed by atoms with van der Waals surface area (Å²) in [6, 6.07) is 7.55. The van der Waals surface area contributed by atoms with Crippen LogP contribution in [0.2, 0.25) is 0 Å². The molecule has 0 bridgehead atoms. The summed E-state index contributed by atoms with van der Waals surface area (Å²) in [7, 11) is 0. The Morgan fingerprint density at radius 2 is 2.15 bits per heavy atom. The van der Waals surface area contributed by atoms with E-state index in [4.69, 9.17) is 0 Å². The molecule has 3 aromatic rings. The first-order chi connectivity index (χ1) is 12.7. The van der Waals surface area contributed by atoms with E-state index >= 15 is 0 Å². The number of aromatic amines is 1. The van der Waals surface area contributed by atoms with Gasteiger partial charge in [0.25, 0.3) is 0 Å². The quantitative estimate of drug-likeness (QED) is 0.764. The molecule has 0 spiro atoms. The Balaban J connectivity index is 1.35. The van der Waals surface area contributed by atoms with E-state index in [2.05, 4.69) is 25.1 Å². The van der Waals surface area contributed by atoms with E-state index in [-0.39, 0.29) is 0 Å². The van der Waals surface area contributed by atoms with E-state index in [1.54, 1.807) is 12.4 Å². The van der Waals surface area contributed by atoms with Crippen LogP contribution in [0.25, 0.3) is 11.4 Å². The molecule has 4 rings (SSSR count). The predicted octanol–water partition coefficient (Wildman–Crippen LogP) is 3.21. The lowest BCUT2D eigenvalue weighted by Crippen LogP contribution is -2.21. The first-order valence-corrected chi connectivity index (χ1v) is 8.65. The summed E-state index contributed by atoms with van der Waals surface area (Å²) < 4.78 is 26.8. The fraction of sp³-hybridized carbons (Fsp3) is 0.316. The first kappa shape index (κ1) is 16.8. The van der Waals surface area contributed by atoms with Crippen LogP contribution in [-0.2, 0) is 13.0 Å². The van der Waals surface area contributed by atoms with Gasteiger partial charge in [-0.05, 0) is 37.1 Å². The van der Waals surface area contributed by atoms with Gasteiger partial charge in [0.05, 0.1) is 0 Å². The second-order valence-corrected chi connectivity index (χ2v) is 6.68. The van der Waals surface area contributed by atoms with Gasteiger partial charge in [-0.1, -0.05) is 6.07 Å². The molecule has 0 saturated carbocycles. The molecular weight excluding hydrogens is 336 g/mol. The maximum Gasteiger partial charge on any atom is 0.182 e. The van der Waals surface area contributed by atoms with Crippen molar-refractivity contribution in [2.45, 2.75) is 19.4 Å². The van der Waals surface area contributed by atoms with Gasteiger partial charge >= 0.3 is 0 Å². The molecule has 1 saturated heterocycles. The van der Waals surface area contributed by atoms with Crippen molar-refractivity contribution < 1.29 is 8.78 Å². The molecule has 26 heavy (non-hydrogen) atoms. The second-order valence-electron chi connectivity index (χ2n) is 6.68. The van der Waals surface area contributed by atoms with Crippen molar-refractivity contribution in [1.82, 2.24) is 25.1 Å². The summed E-state index contributed by atoms with van der Waals surface area (Å²) in [5.41, 5.74) is 1.42. The van der Waals surface area contributed by atoms with Crippen molar-refractivity contribution in [3.8, 4) is 11.4 Å². The molecule has 1 aliphatic rings. The largest absolute Gasteiger partial charge is 0.299 e. The zero-order valence-corrected chi connectivity index (χ0v) is 14.2. The van der Waals surface area contributed by atoms with Gasteiger partial charge in [-0.15, -0.1) is 0 Å². The molecular formula is C19H19F2N5. The van der Waals surface area contributed by atoms with E-state index in [9.17, 15) is 8.78 Å². The highest BCUT2D eigenvalue weighted by atomic mass is 19.1. The Bertz CT molecular complexity index is 881. The van der Waals surface area contributed by atoms with Crippen LogP contribution >= 0.6 is 0 Å². The first-order valence-electron chi connectivity index (χ1n) is 8.65. The van der Waals surface area contributed by atoms with Crippen molar-refractivity contribution in [3.63, 3.8) is 0 Å². The molecule has 1 N–H and O–H groups in total. The number of nitrogens with one attached hydrogen (secondary N) is 1. The molecule has 1 aliphatic heterocycles. The highest BCUT2D eigenvalue weighted by Gasteiger charge is 2.24. The lowest BCUT2D eigenvalue weighted by atomic mass is 10.0. The molecule has 0 radical (unpaired) electrons. The van der Waals surface area contributed by atoms with E-state index in [0.29, 0.717) is 23.9 Å². The van der Waals surface area contributed by atoms with E-state index in [1.165, 1.54) is 12.1 Å². The van der Waals surface area contributed by atoms with Gasteiger partial charge in [0.2, 0.25) is 0 Å². The summed E-state index contributed by atoms with van der Waals surface area (Å²) in [6.45, 7) is 2.25. The van der Waals surface area contributed by atoms with Crippen LogP contribution in [0.15, 0.2) is 42.7 Å². The third-order valence-corrected chi connectivity index (χ3v) is 4.71. The van der Waals surface area contributed by atoms with Gasteiger partial charge in [0.1, 0.15) is 17.5 Å². The lowest BCUT2D eigenvalue weighted by molar-refractivity contribution is 0.310. The molecule has 2 aromatic heterocycles. The highest BCUT2D eigenvalue weighted by Crippen LogP contribution is 2.23. The summed E-state index contributed by atoms with van der Waals surface area (Å²) in [6.07, 6.45) is 5.27. The topological polar surface area (TPSA) is 57.7 Å². The number of aromatic nitrogens is 4. The number of hydrogen-bond acceptors (Lipinski definition) is 4. The van der Waals surface area contributed by atoms with Crippen LogP contribution in [0, 0.1) is 17.6 Å². The van der Waals surface area contributed by atoms with Gasteiger partial charge in [-0.3, -0.25) is 15.0 Å². The average molecular weight is 355 g/mol. The third kappa shape index (κ3) is 3.77. The summed E-state index contributed by atoms with van der Waals surface area (Å²) in [4.78, 5) is 10.8. The zero-order chi connectivity index (χ0) is 17.9. The predicted molar refractivity (Wildman–Crippen MR) is 93.1 cm³/mol. The summed E-state index contributed by atoms with van der Waals surface area (Å²) in [5, 5.41) is 7.26. The standard InChI is InChI=1S/C19H19F2N5/c20-16-4-3-15(17(21)9-16)12-26-7-5-13(11-26)8-18-23-19(25-24-18)14-2-1-6-22-10-14/h1-4,6,9-10,13H,5,7-8,11-12H2,(H,23,24,25). The zero-order valence-electron chi connectivity index (χ0n) is 14.2. The summed E-state index contributed by atoms with van der Waals surface area (Å²) >= 11 is 0. The fourth-order valence-corrected chi connectivity index (χ4v) is 3.40. The number of halogens is 2. The van der Waals surface area contributed by atoms with E-state index in [1.807, 2.05) is 12.1 Å². The molecule has 7 heteroatoms. The minimum Gasteiger partial charge on any atom is -0.299 e. The fourth-order valence-electron chi connectivity index (χ4n) is 3.40. The van der Waals surface area contributed by atoms with Crippen molar-refractivity contribution in [2.75, 3.05) is 13.1 Å². The highest BCUT2D eigenvalue weighted by molar-refractivity contribution is 5.52. The minimum atomic E-state index is -0.541. The number of hydrogen-bond donors (Lipinski definition) is 1. The number of nitrogens with zero attached hydrogens (tertiary/aromatic N) is 4. The number of H-pyrrole nitrogens is 1. The van der Waals surface area contributed by atoms with E-state index in [0.717, 1.165) is 43.4 Å². The van der Waals surface area contributed by atoms with Crippen LogP contribution in [0.3, 0.4) is 0 Å². The van der Waals surface area contributed by atoms with Gasteiger partial charge in [0.15, 0.2) is 5.82 Å². The maximum atomic E-state index is 13.8. The molecule has 0 aliphatic carbocycles. The lowest BCUT2D eigenvalue weighted by Gasteiger charge is -2.16. The van der Waals surface area contributed by atoms with Crippen molar-refractivity contribution in [2.24, 2.45) is 5.92 Å². The molecule has 1 atom stereocenters. The van der Waals surface area contributed by atoms with Crippen molar-refractivity contribution in [1.29, 1.82) is 0 Å². The van der Waals surface area contributed by atoms with Crippen LogP contribution in [-0.4, -0.2) is 38.2 Å². The van der Waals surface area contributed by atoms with Gasteiger partial charge in [-0.25, -0.2) is 13.8 Å². The molecule has 0 amide bonds. The van der Waals surface area contributed by atoms with Crippen LogP contribution < -0.4 is 0 Å². The molecule has 1 unspecified atom stereocenters. The average Bonchev–Trinajstić information content (AvgIpc) is 3.28. The van der Waals surface area contributed by atoms with Crippen LogP contribution in [0.4, 0.5) is 8.78 Å². The maximum absolute atomic E-state index is 13.8. The SMILES string of the molecule is Fc1ccc(CN2CCC(Cc3nc(-c4cccnc4)n[nH]3)C2)c(F)c1. The Labute approximate surface area is 150 Å². The normalized spacial score (nSPS) is 17.7. The summed E-state index contributed by atoms with van der Waals surface area (Å²) in [5.74, 6) is 0.915. The Hall–Kier alpha value is -2.67. The molecule has 1 aromatic carbocycles. The monoisotopic (exact) mass is 355 g/mol.